The predicted molar refractivity (Wildman–Crippen MR) is 99.3 cm³/mol. The molecule has 0 aliphatic rings. The molecule has 25 heavy (non-hydrogen) atoms. The van der Waals surface area contributed by atoms with Crippen LogP contribution in [0, 0.1) is 10.1 Å². The number of aryl methyl sites for hydroxylation is 1. The molecule has 0 bridgehead atoms. The summed E-state index contributed by atoms with van der Waals surface area (Å²) in [6, 6.07) is 7.34. The fourth-order valence-corrected chi connectivity index (χ4v) is 3.21. The van der Waals surface area contributed by atoms with Gasteiger partial charge in [0.25, 0.3) is 0 Å². The van der Waals surface area contributed by atoms with E-state index in [0.717, 1.165) is 9.86 Å². The number of benzene rings is 1. The largest absolute Gasteiger partial charge is 0.404 e. The van der Waals surface area contributed by atoms with E-state index in [2.05, 4.69) is 47.3 Å². The first-order chi connectivity index (χ1) is 12.0. The molecule has 1 aromatic carbocycles. The van der Waals surface area contributed by atoms with Gasteiger partial charge < -0.3 is 15.4 Å². The molecule has 0 saturated heterocycles. The minimum absolute atomic E-state index is 0.121. The van der Waals surface area contributed by atoms with Crippen molar-refractivity contribution in [1.29, 1.82) is 0 Å². The number of rotatable bonds is 5. The highest BCUT2D eigenvalue weighted by molar-refractivity contribution is 9.11. The zero-order valence-corrected chi connectivity index (χ0v) is 15.8. The SMILES string of the molecule is O=C(CCn1cc(Br)c([N+](=O)[O-])n1)Nc1ccc(Br)c2cccnc12. The number of aromatic nitrogens is 3. The molecule has 2 heterocycles. The first kappa shape index (κ1) is 17.5. The van der Waals surface area contributed by atoms with E-state index in [4.69, 9.17) is 0 Å². The van der Waals surface area contributed by atoms with E-state index in [0.29, 0.717) is 11.2 Å². The molecule has 0 unspecified atom stereocenters. The van der Waals surface area contributed by atoms with Crippen LogP contribution in [0.3, 0.4) is 0 Å². The zero-order valence-electron chi connectivity index (χ0n) is 12.6. The van der Waals surface area contributed by atoms with Gasteiger partial charge >= 0.3 is 5.82 Å². The summed E-state index contributed by atoms with van der Waals surface area (Å²) < 4.78 is 2.53. The maximum Gasteiger partial charge on any atom is 0.404 e. The van der Waals surface area contributed by atoms with Crippen LogP contribution in [-0.4, -0.2) is 25.6 Å². The molecule has 3 rings (SSSR count). The Morgan fingerprint density at radius 3 is 2.80 bits per heavy atom. The molecule has 0 atom stereocenters. The first-order valence-corrected chi connectivity index (χ1v) is 8.74. The molecule has 0 aliphatic heterocycles. The Morgan fingerprint density at radius 1 is 1.28 bits per heavy atom. The van der Waals surface area contributed by atoms with Gasteiger partial charge in [-0.1, -0.05) is 22.0 Å². The van der Waals surface area contributed by atoms with Gasteiger partial charge in [-0.25, -0.2) is 0 Å². The summed E-state index contributed by atoms with van der Waals surface area (Å²) in [7, 11) is 0. The molecule has 1 amide bonds. The third-order valence-electron chi connectivity index (χ3n) is 3.43. The first-order valence-electron chi connectivity index (χ1n) is 7.16. The Hall–Kier alpha value is -2.33. The maximum atomic E-state index is 12.2. The van der Waals surface area contributed by atoms with E-state index in [9.17, 15) is 14.9 Å². The molecule has 0 saturated carbocycles. The number of nitro groups is 1. The third-order valence-corrected chi connectivity index (χ3v) is 4.68. The van der Waals surface area contributed by atoms with Crippen LogP contribution in [0.15, 0.2) is 45.6 Å². The van der Waals surface area contributed by atoms with Crippen molar-refractivity contribution in [3.8, 4) is 0 Å². The Bertz CT molecular complexity index is 973. The highest BCUT2D eigenvalue weighted by Crippen LogP contribution is 2.28. The van der Waals surface area contributed by atoms with Crippen LogP contribution in [0.25, 0.3) is 10.9 Å². The van der Waals surface area contributed by atoms with Crippen molar-refractivity contribution >= 4 is 60.2 Å². The molecule has 2 aromatic heterocycles. The summed E-state index contributed by atoms with van der Waals surface area (Å²) in [5, 5.41) is 18.3. The van der Waals surface area contributed by atoms with E-state index >= 15 is 0 Å². The average molecular weight is 469 g/mol. The number of anilines is 1. The normalized spacial score (nSPS) is 10.8. The van der Waals surface area contributed by atoms with Gasteiger partial charge in [-0.05, 0) is 39.1 Å². The minimum Gasteiger partial charge on any atom is -0.358 e. The number of nitrogens with one attached hydrogen (secondary N) is 1. The van der Waals surface area contributed by atoms with Crippen LogP contribution in [0.1, 0.15) is 6.42 Å². The van der Waals surface area contributed by atoms with Gasteiger partial charge in [0.1, 0.15) is 4.47 Å². The van der Waals surface area contributed by atoms with Gasteiger partial charge in [-0.3, -0.25) is 9.78 Å². The second kappa shape index (κ2) is 7.28. The lowest BCUT2D eigenvalue weighted by Crippen LogP contribution is -2.15. The van der Waals surface area contributed by atoms with Crippen molar-refractivity contribution in [2.24, 2.45) is 0 Å². The topological polar surface area (TPSA) is 103 Å². The van der Waals surface area contributed by atoms with Crippen molar-refractivity contribution in [2.75, 3.05) is 5.32 Å². The molecule has 10 heteroatoms. The number of fused-ring (bicyclic) bond motifs is 1. The van der Waals surface area contributed by atoms with E-state index in [1.54, 1.807) is 12.3 Å². The Balaban J connectivity index is 1.70. The highest BCUT2D eigenvalue weighted by atomic mass is 79.9. The van der Waals surface area contributed by atoms with E-state index in [1.807, 2.05) is 18.2 Å². The molecule has 8 nitrogen and oxygen atoms in total. The van der Waals surface area contributed by atoms with Crippen molar-refractivity contribution in [3.05, 3.63) is 55.7 Å². The Kier molecular flexibility index (Phi) is 5.09. The molecule has 0 spiro atoms. The van der Waals surface area contributed by atoms with E-state index in [-0.39, 0.29) is 29.2 Å². The number of carbonyl (C=O) groups excluding carboxylic acids is 1. The van der Waals surface area contributed by atoms with E-state index < -0.39 is 4.92 Å². The van der Waals surface area contributed by atoms with E-state index in [1.165, 1.54) is 10.9 Å². The lowest BCUT2D eigenvalue weighted by atomic mass is 10.2. The van der Waals surface area contributed by atoms with Crippen LogP contribution < -0.4 is 5.32 Å². The molecule has 0 fully saturated rings. The van der Waals surface area contributed by atoms with Crippen LogP contribution in [-0.2, 0) is 11.3 Å². The van der Waals surface area contributed by atoms with Crippen molar-refractivity contribution < 1.29 is 9.72 Å². The Morgan fingerprint density at radius 2 is 2.08 bits per heavy atom. The third kappa shape index (κ3) is 3.85. The van der Waals surface area contributed by atoms with Gasteiger partial charge in [0.15, 0.2) is 0 Å². The van der Waals surface area contributed by atoms with Crippen molar-refractivity contribution in [1.82, 2.24) is 14.8 Å². The fraction of sp³-hybridized carbons (Fsp3) is 0.133. The summed E-state index contributed by atoms with van der Waals surface area (Å²) in [4.78, 5) is 26.7. The predicted octanol–water partition coefficient (Wildman–Crippen LogP) is 3.89. The lowest BCUT2D eigenvalue weighted by Gasteiger charge is -2.08. The molecule has 128 valence electrons. The number of hydrogen-bond donors (Lipinski definition) is 1. The van der Waals surface area contributed by atoms with Crippen molar-refractivity contribution in [3.63, 3.8) is 0 Å². The number of pyridine rings is 1. The monoisotopic (exact) mass is 467 g/mol. The standard InChI is InChI=1S/C15H11Br2N5O3/c16-10-3-4-12(14-9(10)2-1-6-18-14)19-13(23)5-7-21-8-11(17)15(20-21)22(24)25/h1-4,6,8H,5,7H2,(H,19,23). The second-order valence-corrected chi connectivity index (χ2v) is 6.82. The average Bonchev–Trinajstić information content (AvgIpc) is 2.97. The highest BCUT2D eigenvalue weighted by Gasteiger charge is 2.19. The summed E-state index contributed by atoms with van der Waals surface area (Å²) >= 11 is 6.53. The summed E-state index contributed by atoms with van der Waals surface area (Å²) in [6.45, 7) is 0.222. The molecule has 3 aromatic rings. The number of hydrogen-bond acceptors (Lipinski definition) is 5. The number of amides is 1. The van der Waals surface area contributed by atoms with Gasteiger partial charge in [0.2, 0.25) is 5.91 Å². The second-order valence-electron chi connectivity index (χ2n) is 5.11. The molecular weight excluding hydrogens is 458 g/mol. The van der Waals surface area contributed by atoms with Crippen molar-refractivity contribution in [2.45, 2.75) is 13.0 Å². The van der Waals surface area contributed by atoms with Gasteiger partial charge in [-0.15, -0.1) is 0 Å². The number of halogens is 2. The van der Waals surface area contributed by atoms with Crippen LogP contribution in [0.4, 0.5) is 11.5 Å². The summed E-state index contributed by atoms with van der Waals surface area (Å²) in [5.41, 5.74) is 1.29. The lowest BCUT2D eigenvalue weighted by molar-refractivity contribution is -0.390. The van der Waals surface area contributed by atoms with Crippen LogP contribution in [0.5, 0.6) is 0 Å². The fourth-order valence-electron chi connectivity index (χ4n) is 2.29. The quantitative estimate of drug-likeness (QED) is 0.451. The summed E-state index contributed by atoms with van der Waals surface area (Å²) in [5.74, 6) is -0.507. The Labute approximate surface area is 158 Å². The summed E-state index contributed by atoms with van der Waals surface area (Å²) in [6.07, 6.45) is 3.25. The zero-order chi connectivity index (χ0) is 18.0. The maximum absolute atomic E-state index is 12.2. The van der Waals surface area contributed by atoms with Crippen LogP contribution in [0.2, 0.25) is 0 Å². The molecular formula is C15H11Br2N5O3. The minimum atomic E-state index is -0.583. The molecule has 0 aliphatic carbocycles. The van der Waals surface area contributed by atoms with Gasteiger partial charge in [0, 0.05) is 22.5 Å². The van der Waals surface area contributed by atoms with Gasteiger partial charge in [-0.2, -0.15) is 4.68 Å². The number of carbonyl (C=O) groups is 1. The molecule has 1 N–H and O–H groups in total. The molecule has 0 radical (unpaired) electrons. The van der Waals surface area contributed by atoms with Crippen LogP contribution >= 0.6 is 31.9 Å². The van der Waals surface area contributed by atoms with Gasteiger partial charge in [0.05, 0.1) is 29.0 Å². The number of nitrogens with zero attached hydrogens (tertiary/aromatic N) is 4. The smallest absolute Gasteiger partial charge is 0.358 e.